The number of carbonyl (C=O) groups is 1. The molecule has 2 fully saturated rings. The smallest absolute Gasteiger partial charge is 0.220 e. The number of rotatable bonds is 10. The molecule has 0 saturated carbocycles. The van der Waals surface area contributed by atoms with Crippen molar-refractivity contribution in [1.82, 2.24) is 15.6 Å². The van der Waals surface area contributed by atoms with Crippen LogP contribution in [-0.2, 0) is 20.8 Å². The topological polar surface area (TPSA) is 114 Å². The van der Waals surface area contributed by atoms with Gasteiger partial charge in [-0.3, -0.25) is 9.79 Å². The molecule has 4 N–H and O–H groups in total. The molecule has 10 heteroatoms. The second-order valence-electron chi connectivity index (χ2n) is 8.49. The molecule has 0 spiro atoms. The van der Waals surface area contributed by atoms with Crippen molar-refractivity contribution in [3.63, 3.8) is 0 Å². The van der Waals surface area contributed by atoms with Gasteiger partial charge in [-0.15, -0.1) is 24.0 Å². The predicted molar refractivity (Wildman–Crippen MR) is 141 cm³/mol. The molecule has 186 valence electrons. The minimum atomic E-state index is -0.198. The summed E-state index contributed by atoms with van der Waals surface area (Å²) < 4.78 is 11.2. The Balaban J connectivity index is 0.00000385. The van der Waals surface area contributed by atoms with Crippen LogP contribution in [0.5, 0.6) is 0 Å². The number of primary amides is 1. The van der Waals surface area contributed by atoms with Gasteiger partial charge in [-0.05, 0) is 44.1 Å². The Bertz CT molecular complexity index is 737. The van der Waals surface area contributed by atoms with E-state index < -0.39 is 0 Å². The Morgan fingerprint density at radius 3 is 2.73 bits per heavy atom. The fourth-order valence-electron chi connectivity index (χ4n) is 4.17. The highest BCUT2D eigenvalue weighted by atomic mass is 127. The molecule has 0 radical (unpaired) electrons. The fourth-order valence-corrected chi connectivity index (χ4v) is 4.17. The van der Waals surface area contributed by atoms with Gasteiger partial charge in [-0.2, -0.15) is 0 Å². The zero-order valence-electron chi connectivity index (χ0n) is 19.6. The monoisotopic (exact) mass is 574 g/mol. The van der Waals surface area contributed by atoms with Gasteiger partial charge in [-0.1, -0.05) is 6.07 Å². The van der Waals surface area contributed by atoms with Crippen molar-refractivity contribution < 1.29 is 14.3 Å². The third-order valence-electron chi connectivity index (χ3n) is 6.19. The zero-order chi connectivity index (χ0) is 22.6. The van der Waals surface area contributed by atoms with E-state index in [1.165, 1.54) is 0 Å². The number of halogens is 1. The van der Waals surface area contributed by atoms with Crippen LogP contribution >= 0.6 is 24.0 Å². The summed E-state index contributed by atoms with van der Waals surface area (Å²) in [5.74, 6) is 2.13. The second-order valence-corrected chi connectivity index (χ2v) is 8.49. The van der Waals surface area contributed by atoms with E-state index in [0.717, 1.165) is 95.5 Å². The van der Waals surface area contributed by atoms with Crippen molar-refractivity contribution in [2.24, 2.45) is 22.6 Å². The van der Waals surface area contributed by atoms with Gasteiger partial charge in [0, 0.05) is 77.3 Å². The molecule has 0 aliphatic carbocycles. The summed E-state index contributed by atoms with van der Waals surface area (Å²) in [7, 11) is 1.77. The number of guanidine groups is 1. The normalized spacial score (nSPS) is 18.0. The van der Waals surface area contributed by atoms with Gasteiger partial charge in [0.25, 0.3) is 0 Å². The van der Waals surface area contributed by atoms with Crippen LogP contribution in [0.15, 0.2) is 23.3 Å². The second kappa shape index (κ2) is 15.3. The van der Waals surface area contributed by atoms with Gasteiger partial charge in [-0.25, -0.2) is 4.98 Å². The van der Waals surface area contributed by atoms with Crippen molar-refractivity contribution in [2.45, 2.75) is 38.6 Å². The van der Waals surface area contributed by atoms with Crippen LogP contribution in [-0.4, -0.2) is 70.0 Å². The number of aromatic nitrogens is 1. The van der Waals surface area contributed by atoms with Gasteiger partial charge in [0.2, 0.25) is 5.91 Å². The Morgan fingerprint density at radius 2 is 2.03 bits per heavy atom. The first-order valence-electron chi connectivity index (χ1n) is 11.8. The van der Waals surface area contributed by atoms with Crippen molar-refractivity contribution in [3.8, 4) is 0 Å². The Kier molecular flexibility index (Phi) is 12.8. The average molecular weight is 575 g/mol. The number of carbonyl (C=O) groups excluding carboxylic acids is 1. The number of hydrogen-bond acceptors (Lipinski definition) is 6. The molecule has 1 amide bonds. The van der Waals surface area contributed by atoms with E-state index in [1.54, 1.807) is 7.05 Å². The molecule has 3 rings (SSSR count). The van der Waals surface area contributed by atoms with Gasteiger partial charge in [0.15, 0.2) is 5.96 Å². The van der Waals surface area contributed by atoms with E-state index in [9.17, 15) is 4.79 Å². The third kappa shape index (κ3) is 9.24. The van der Waals surface area contributed by atoms with Gasteiger partial charge < -0.3 is 30.7 Å². The number of ether oxygens (including phenoxy) is 2. The maximum Gasteiger partial charge on any atom is 0.220 e. The molecular weight excluding hydrogens is 535 g/mol. The number of nitrogens with one attached hydrogen (secondary N) is 2. The fraction of sp³-hybridized carbons (Fsp3) is 0.696. The van der Waals surface area contributed by atoms with E-state index in [0.29, 0.717) is 12.5 Å². The molecule has 2 aliphatic rings. The third-order valence-corrected chi connectivity index (χ3v) is 6.19. The van der Waals surface area contributed by atoms with E-state index in [4.69, 9.17) is 15.2 Å². The summed E-state index contributed by atoms with van der Waals surface area (Å²) in [6, 6.07) is 4.02. The molecule has 0 bridgehead atoms. The lowest BCUT2D eigenvalue weighted by Gasteiger charge is -2.32. The van der Waals surface area contributed by atoms with Crippen molar-refractivity contribution >= 4 is 41.7 Å². The van der Waals surface area contributed by atoms with E-state index in [-0.39, 0.29) is 35.8 Å². The van der Waals surface area contributed by atoms with Crippen LogP contribution in [0.2, 0.25) is 0 Å². The molecule has 0 aromatic carbocycles. The SMILES string of the molecule is CN=C(NCCCOCC1CCOCC1)NCc1cccnc1N1CCC(C(N)=O)CC1.I. The summed E-state index contributed by atoms with van der Waals surface area (Å²) in [5.41, 5.74) is 6.57. The summed E-state index contributed by atoms with van der Waals surface area (Å²) in [5, 5.41) is 6.73. The van der Waals surface area contributed by atoms with Gasteiger partial charge in [0.1, 0.15) is 5.82 Å². The minimum Gasteiger partial charge on any atom is -0.381 e. The molecular formula is C23H39IN6O3. The van der Waals surface area contributed by atoms with Crippen molar-refractivity contribution in [1.29, 1.82) is 0 Å². The highest BCUT2D eigenvalue weighted by molar-refractivity contribution is 14.0. The summed E-state index contributed by atoms with van der Waals surface area (Å²) in [6.07, 6.45) is 6.50. The molecule has 1 aromatic rings. The van der Waals surface area contributed by atoms with Crippen LogP contribution in [0.3, 0.4) is 0 Å². The van der Waals surface area contributed by atoms with E-state index >= 15 is 0 Å². The first-order chi connectivity index (χ1) is 15.7. The molecule has 0 atom stereocenters. The molecule has 3 heterocycles. The van der Waals surface area contributed by atoms with Crippen LogP contribution < -0.4 is 21.3 Å². The lowest BCUT2D eigenvalue weighted by atomic mass is 9.96. The Morgan fingerprint density at radius 1 is 1.27 bits per heavy atom. The molecule has 9 nitrogen and oxygen atoms in total. The zero-order valence-corrected chi connectivity index (χ0v) is 22.0. The lowest BCUT2D eigenvalue weighted by Crippen LogP contribution is -2.40. The van der Waals surface area contributed by atoms with E-state index in [1.807, 2.05) is 12.3 Å². The number of nitrogens with two attached hydrogens (primary N) is 1. The molecule has 33 heavy (non-hydrogen) atoms. The quantitative estimate of drug-likeness (QED) is 0.169. The minimum absolute atomic E-state index is 0. The predicted octanol–water partition coefficient (Wildman–Crippen LogP) is 1.90. The number of nitrogens with zero attached hydrogens (tertiary/aromatic N) is 3. The number of anilines is 1. The van der Waals surface area contributed by atoms with Crippen LogP contribution in [0.1, 0.15) is 37.7 Å². The highest BCUT2D eigenvalue weighted by Crippen LogP contribution is 2.24. The number of aliphatic imine (C=N–C) groups is 1. The summed E-state index contributed by atoms with van der Waals surface area (Å²) >= 11 is 0. The van der Waals surface area contributed by atoms with Crippen LogP contribution in [0, 0.1) is 11.8 Å². The number of pyridine rings is 1. The van der Waals surface area contributed by atoms with E-state index in [2.05, 4.69) is 31.6 Å². The molecule has 2 aliphatic heterocycles. The standard InChI is InChI=1S/C23H38N6O3.HI/c1-25-23(27-10-3-13-32-17-18-7-14-31-15-8-18)28-16-20-4-2-9-26-22(20)29-11-5-19(6-12-29)21(24)30;/h2,4,9,18-19H,3,5-8,10-17H2,1H3,(H2,24,30)(H2,25,27,28);1H. The van der Waals surface area contributed by atoms with Crippen molar-refractivity contribution in [2.75, 3.05) is 58.0 Å². The molecule has 0 unspecified atom stereocenters. The maximum absolute atomic E-state index is 11.4. The first-order valence-corrected chi connectivity index (χ1v) is 11.8. The molecule has 2 saturated heterocycles. The van der Waals surface area contributed by atoms with Crippen LogP contribution in [0.4, 0.5) is 5.82 Å². The average Bonchev–Trinajstić information content (AvgIpc) is 2.84. The largest absolute Gasteiger partial charge is 0.381 e. The van der Waals surface area contributed by atoms with Crippen LogP contribution in [0.25, 0.3) is 0 Å². The number of amides is 1. The Hall–Kier alpha value is -1.66. The molecule has 1 aromatic heterocycles. The highest BCUT2D eigenvalue weighted by Gasteiger charge is 2.25. The summed E-state index contributed by atoms with van der Waals surface area (Å²) in [4.78, 5) is 22.6. The first kappa shape index (κ1) is 27.6. The Labute approximate surface area is 214 Å². The number of piperidine rings is 1. The van der Waals surface area contributed by atoms with Gasteiger partial charge in [0.05, 0.1) is 0 Å². The number of hydrogen-bond donors (Lipinski definition) is 3. The maximum atomic E-state index is 11.4. The summed E-state index contributed by atoms with van der Waals surface area (Å²) in [6.45, 7) is 6.31. The van der Waals surface area contributed by atoms with Gasteiger partial charge >= 0.3 is 0 Å². The lowest BCUT2D eigenvalue weighted by molar-refractivity contribution is -0.122. The van der Waals surface area contributed by atoms with Crippen molar-refractivity contribution in [3.05, 3.63) is 23.9 Å².